The normalized spacial score (nSPS) is 10.0. The van der Waals surface area contributed by atoms with Crippen molar-refractivity contribution in [2.24, 2.45) is 0 Å². The van der Waals surface area contributed by atoms with E-state index < -0.39 is 10.8 Å². The van der Waals surface area contributed by atoms with Crippen LogP contribution in [-0.2, 0) is 0 Å². The molecule has 7 heteroatoms. The lowest BCUT2D eigenvalue weighted by atomic mass is 10.1. The quantitative estimate of drug-likeness (QED) is 0.676. The Morgan fingerprint density at radius 1 is 1.13 bits per heavy atom. The molecule has 0 fully saturated rings. The summed E-state index contributed by atoms with van der Waals surface area (Å²) in [5.41, 5.74) is 1.11. The Morgan fingerprint density at radius 3 is 2.48 bits per heavy atom. The van der Waals surface area contributed by atoms with Crippen molar-refractivity contribution in [1.82, 2.24) is 0 Å². The number of nitro groups is 1. The molecule has 0 spiro atoms. The molecule has 23 heavy (non-hydrogen) atoms. The standard InChI is InChI=1S/C16H16N2O5/c1-10-4-5-11(8-14(10)18(20)21)17-16(19)13-7-6-12(22-2)9-15(13)23-3/h4-9H,1-3H3,(H,17,19). The lowest BCUT2D eigenvalue weighted by Gasteiger charge is -2.11. The van der Waals surface area contributed by atoms with Gasteiger partial charge in [-0.05, 0) is 25.1 Å². The minimum absolute atomic E-state index is 0.0514. The highest BCUT2D eigenvalue weighted by Crippen LogP contribution is 2.27. The van der Waals surface area contributed by atoms with E-state index in [1.54, 1.807) is 37.3 Å². The van der Waals surface area contributed by atoms with Gasteiger partial charge in [0.05, 0.1) is 24.7 Å². The van der Waals surface area contributed by atoms with E-state index in [0.717, 1.165) is 0 Å². The number of nitro benzene ring substituents is 1. The molecule has 0 saturated carbocycles. The van der Waals surface area contributed by atoms with Crippen molar-refractivity contribution >= 4 is 17.3 Å². The average Bonchev–Trinajstić information content (AvgIpc) is 2.55. The zero-order valence-corrected chi connectivity index (χ0v) is 13.0. The molecule has 0 aliphatic carbocycles. The van der Waals surface area contributed by atoms with Gasteiger partial charge in [-0.1, -0.05) is 6.07 Å². The maximum atomic E-state index is 12.4. The largest absolute Gasteiger partial charge is 0.497 e. The number of methoxy groups -OCH3 is 2. The molecule has 0 unspecified atom stereocenters. The van der Waals surface area contributed by atoms with Crippen LogP contribution in [0.5, 0.6) is 11.5 Å². The fraction of sp³-hybridized carbons (Fsp3) is 0.188. The maximum absolute atomic E-state index is 12.4. The van der Waals surface area contributed by atoms with Crippen molar-refractivity contribution in [3.8, 4) is 11.5 Å². The molecule has 0 atom stereocenters. The Bertz CT molecular complexity index is 758. The van der Waals surface area contributed by atoms with Crippen LogP contribution in [0.2, 0.25) is 0 Å². The number of anilines is 1. The summed E-state index contributed by atoms with van der Waals surface area (Å²) in [7, 11) is 2.96. The number of hydrogen-bond acceptors (Lipinski definition) is 5. The first kappa shape index (κ1) is 16.3. The first-order chi connectivity index (χ1) is 11.0. The zero-order chi connectivity index (χ0) is 17.0. The zero-order valence-electron chi connectivity index (χ0n) is 13.0. The van der Waals surface area contributed by atoms with Crippen LogP contribution in [0.1, 0.15) is 15.9 Å². The van der Waals surface area contributed by atoms with Gasteiger partial charge in [-0.15, -0.1) is 0 Å². The number of nitrogens with one attached hydrogen (secondary N) is 1. The Kier molecular flexibility index (Phi) is 4.80. The van der Waals surface area contributed by atoms with Crippen LogP contribution in [0, 0.1) is 17.0 Å². The predicted octanol–water partition coefficient (Wildman–Crippen LogP) is 3.17. The van der Waals surface area contributed by atoms with Gasteiger partial charge in [0.2, 0.25) is 0 Å². The molecule has 0 aliphatic heterocycles. The molecule has 0 aromatic heterocycles. The van der Waals surface area contributed by atoms with E-state index in [-0.39, 0.29) is 5.69 Å². The first-order valence-electron chi connectivity index (χ1n) is 6.74. The van der Waals surface area contributed by atoms with Crippen LogP contribution in [0.15, 0.2) is 36.4 Å². The number of carbonyl (C=O) groups excluding carboxylic acids is 1. The highest BCUT2D eigenvalue weighted by molar-refractivity contribution is 6.06. The lowest BCUT2D eigenvalue weighted by molar-refractivity contribution is -0.385. The third-order valence-electron chi connectivity index (χ3n) is 3.32. The Labute approximate surface area is 133 Å². The van der Waals surface area contributed by atoms with E-state index in [1.165, 1.54) is 20.3 Å². The number of nitrogens with zero attached hydrogens (tertiary/aromatic N) is 1. The van der Waals surface area contributed by atoms with Crippen molar-refractivity contribution in [3.05, 3.63) is 57.6 Å². The van der Waals surface area contributed by atoms with Crippen LogP contribution < -0.4 is 14.8 Å². The molecule has 2 aromatic rings. The number of amides is 1. The van der Waals surface area contributed by atoms with Crippen LogP contribution in [-0.4, -0.2) is 25.1 Å². The van der Waals surface area contributed by atoms with E-state index in [9.17, 15) is 14.9 Å². The Morgan fingerprint density at radius 2 is 1.87 bits per heavy atom. The number of ether oxygens (including phenoxy) is 2. The molecular formula is C16H16N2O5. The minimum atomic E-state index is -0.487. The van der Waals surface area contributed by atoms with Gasteiger partial charge < -0.3 is 14.8 Å². The first-order valence-corrected chi connectivity index (χ1v) is 6.74. The molecule has 1 amide bonds. The molecule has 1 N–H and O–H groups in total. The topological polar surface area (TPSA) is 90.7 Å². The van der Waals surface area contributed by atoms with Crippen LogP contribution in [0.3, 0.4) is 0 Å². The molecule has 0 heterocycles. The van der Waals surface area contributed by atoms with E-state index in [1.807, 2.05) is 0 Å². The van der Waals surface area contributed by atoms with E-state index >= 15 is 0 Å². The summed E-state index contributed by atoms with van der Waals surface area (Å²) >= 11 is 0. The molecule has 0 bridgehead atoms. The Balaban J connectivity index is 2.29. The molecule has 0 radical (unpaired) electrons. The van der Waals surface area contributed by atoms with Gasteiger partial charge in [0.25, 0.3) is 11.6 Å². The van der Waals surface area contributed by atoms with Crippen molar-refractivity contribution in [3.63, 3.8) is 0 Å². The second kappa shape index (κ2) is 6.78. The third kappa shape index (κ3) is 3.57. The summed E-state index contributed by atoms with van der Waals surface area (Å²) in [5.74, 6) is 0.482. The fourth-order valence-electron chi connectivity index (χ4n) is 2.07. The van der Waals surface area contributed by atoms with Gasteiger partial charge >= 0.3 is 0 Å². The molecule has 0 aliphatic rings. The minimum Gasteiger partial charge on any atom is -0.497 e. The van der Waals surface area contributed by atoms with Crippen LogP contribution in [0.4, 0.5) is 11.4 Å². The number of aryl methyl sites for hydroxylation is 1. The number of benzene rings is 2. The van der Waals surface area contributed by atoms with Gasteiger partial charge in [0.15, 0.2) is 0 Å². The van der Waals surface area contributed by atoms with Gasteiger partial charge in [-0.25, -0.2) is 0 Å². The van der Waals surface area contributed by atoms with Gasteiger partial charge in [-0.2, -0.15) is 0 Å². The highest BCUT2D eigenvalue weighted by atomic mass is 16.6. The summed E-state index contributed by atoms with van der Waals surface area (Å²) in [4.78, 5) is 22.8. The maximum Gasteiger partial charge on any atom is 0.274 e. The van der Waals surface area contributed by atoms with Crippen LogP contribution in [0.25, 0.3) is 0 Å². The number of carbonyl (C=O) groups is 1. The SMILES string of the molecule is COc1ccc(C(=O)Nc2ccc(C)c([N+](=O)[O-])c2)c(OC)c1. The van der Waals surface area contributed by atoms with Gasteiger partial charge in [-0.3, -0.25) is 14.9 Å². The fourth-order valence-corrected chi connectivity index (χ4v) is 2.07. The number of rotatable bonds is 5. The highest BCUT2D eigenvalue weighted by Gasteiger charge is 2.16. The second-order valence-electron chi connectivity index (χ2n) is 4.78. The van der Waals surface area contributed by atoms with Crippen molar-refractivity contribution in [2.75, 3.05) is 19.5 Å². The molecule has 7 nitrogen and oxygen atoms in total. The van der Waals surface area contributed by atoms with Crippen molar-refractivity contribution in [2.45, 2.75) is 6.92 Å². The monoisotopic (exact) mass is 316 g/mol. The van der Waals surface area contributed by atoms with Gasteiger partial charge in [0, 0.05) is 23.4 Å². The molecule has 0 saturated heterocycles. The summed E-state index contributed by atoms with van der Waals surface area (Å²) in [6.07, 6.45) is 0. The van der Waals surface area contributed by atoms with Crippen LogP contribution >= 0.6 is 0 Å². The molecular weight excluding hydrogens is 300 g/mol. The van der Waals surface area contributed by atoms with Crippen molar-refractivity contribution < 1.29 is 19.2 Å². The van der Waals surface area contributed by atoms with E-state index in [4.69, 9.17) is 9.47 Å². The predicted molar refractivity (Wildman–Crippen MR) is 85.3 cm³/mol. The Hall–Kier alpha value is -3.09. The molecule has 2 rings (SSSR count). The second-order valence-corrected chi connectivity index (χ2v) is 4.78. The number of hydrogen-bond donors (Lipinski definition) is 1. The van der Waals surface area contributed by atoms with E-state index in [2.05, 4.69) is 5.32 Å². The lowest BCUT2D eigenvalue weighted by Crippen LogP contribution is -2.13. The summed E-state index contributed by atoms with van der Waals surface area (Å²) in [6, 6.07) is 9.30. The average molecular weight is 316 g/mol. The summed E-state index contributed by atoms with van der Waals surface area (Å²) < 4.78 is 10.3. The molecule has 120 valence electrons. The summed E-state index contributed by atoms with van der Waals surface area (Å²) in [6.45, 7) is 1.64. The molecule has 2 aromatic carbocycles. The van der Waals surface area contributed by atoms with Gasteiger partial charge in [0.1, 0.15) is 11.5 Å². The van der Waals surface area contributed by atoms with E-state index in [0.29, 0.717) is 28.3 Å². The third-order valence-corrected chi connectivity index (χ3v) is 3.32. The van der Waals surface area contributed by atoms with Crippen molar-refractivity contribution in [1.29, 1.82) is 0 Å². The summed E-state index contributed by atoms with van der Waals surface area (Å²) in [5, 5.41) is 13.6. The smallest absolute Gasteiger partial charge is 0.274 e.